The second-order valence-electron chi connectivity index (χ2n) is 7.66. The third-order valence-electron chi connectivity index (χ3n) is 4.79. The molecule has 2 aromatic rings. The van der Waals surface area contributed by atoms with Gasteiger partial charge in [0.1, 0.15) is 0 Å². The molecular weight excluding hydrogens is 414 g/mol. The number of amides is 5. The van der Waals surface area contributed by atoms with Crippen LogP contribution in [0.1, 0.15) is 57.4 Å². The number of benzene rings is 2. The fourth-order valence-corrected chi connectivity index (χ4v) is 3.19. The minimum Gasteiger partial charge on any atom is -0.449 e. The van der Waals surface area contributed by atoms with Crippen LogP contribution >= 0.6 is 0 Å². The summed E-state index contributed by atoms with van der Waals surface area (Å²) in [6.45, 7) is 6.56. The summed E-state index contributed by atoms with van der Waals surface area (Å²) in [5.74, 6) is -2.70. The van der Waals surface area contributed by atoms with Crippen molar-refractivity contribution in [3.05, 3.63) is 64.7 Å². The van der Waals surface area contributed by atoms with E-state index in [1.807, 2.05) is 0 Å². The van der Waals surface area contributed by atoms with Crippen molar-refractivity contribution in [2.45, 2.75) is 39.8 Å². The molecule has 1 aliphatic rings. The van der Waals surface area contributed by atoms with Crippen LogP contribution in [0.2, 0.25) is 0 Å². The first kappa shape index (κ1) is 22.7. The number of nitrogens with one attached hydrogen (secondary N) is 2. The summed E-state index contributed by atoms with van der Waals surface area (Å²) in [4.78, 5) is 63.0. The quantitative estimate of drug-likeness (QED) is 0.548. The van der Waals surface area contributed by atoms with Crippen LogP contribution in [0.3, 0.4) is 0 Å². The van der Waals surface area contributed by atoms with Crippen molar-refractivity contribution in [2.24, 2.45) is 0 Å². The molecule has 1 heterocycles. The molecule has 2 N–H and O–H groups in total. The van der Waals surface area contributed by atoms with E-state index in [9.17, 15) is 24.0 Å². The number of carbonyl (C=O) groups excluding carboxylic acids is 5. The molecule has 0 saturated carbocycles. The van der Waals surface area contributed by atoms with Crippen LogP contribution in [0.4, 0.5) is 10.5 Å². The number of hydrogen-bond acceptors (Lipinski definition) is 6. The minimum absolute atomic E-state index is 0.00261. The maximum absolute atomic E-state index is 12.9. The molecule has 0 radical (unpaired) electrons. The number of carbonyl (C=O) groups is 5. The van der Waals surface area contributed by atoms with Gasteiger partial charge in [0, 0.05) is 6.04 Å². The molecule has 0 spiro atoms. The number of anilines is 1. The van der Waals surface area contributed by atoms with Crippen LogP contribution in [0, 0.1) is 6.92 Å². The first-order valence-corrected chi connectivity index (χ1v) is 10.0. The average Bonchev–Trinajstić information content (AvgIpc) is 2.97. The van der Waals surface area contributed by atoms with Gasteiger partial charge in [-0.2, -0.15) is 0 Å². The molecule has 1 aliphatic heterocycles. The lowest BCUT2D eigenvalue weighted by molar-refractivity contribution is -0.127. The van der Waals surface area contributed by atoms with Gasteiger partial charge in [0.15, 0.2) is 6.10 Å². The second-order valence-corrected chi connectivity index (χ2v) is 7.66. The van der Waals surface area contributed by atoms with Crippen molar-refractivity contribution in [1.29, 1.82) is 0 Å². The first-order chi connectivity index (χ1) is 15.1. The Balaban J connectivity index is 1.75. The van der Waals surface area contributed by atoms with Gasteiger partial charge in [-0.3, -0.25) is 19.7 Å². The molecule has 5 amide bonds. The highest BCUT2D eigenvalue weighted by Gasteiger charge is 2.38. The van der Waals surface area contributed by atoms with E-state index in [0.717, 1.165) is 10.5 Å². The standard InChI is InChI=1S/C23H23N3O6/c1-12(2)24-23(31)25-19(27)14(4)32-22(30)15-9-10-16-17(11-15)21(29)26(20(16)28)18-8-6-5-7-13(18)3/h5-12,14H,1-4H3,(H2,24,25,27,31). The molecule has 166 valence electrons. The number of aryl methyl sites for hydroxylation is 1. The zero-order valence-corrected chi connectivity index (χ0v) is 18.1. The Bertz CT molecular complexity index is 1120. The number of esters is 1. The van der Waals surface area contributed by atoms with Gasteiger partial charge in [-0.15, -0.1) is 0 Å². The Labute approximate surface area is 184 Å². The summed E-state index contributed by atoms with van der Waals surface area (Å²) < 4.78 is 5.12. The molecule has 0 fully saturated rings. The van der Waals surface area contributed by atoms with Crippen LogP contribution in [0.15, 0.2) is 42.5 Å². The van der Waals surface area contributed by atoms with E-state index in [1.54, 1.807) is 45.0 Å². The summed E-state index contributed by atoms with van der Waals surface area (Å²) in [5, 5.41) is 4.57. The summed E-state index contributed by atoms with van der Waals surface area (Å²) in [7, 11) is 0. The maximum atomic E-state index is 12.9. The van der Waals surface area contributed by atoms with Crippen LogP contribution in [-0.4, -0.2) is 41.9 Å². The number of para-hydroxylation sites is 1. The highest BCUT2D eigenvalue weighted by Crippen LogP contribution is 2.31. The second kappa shape index (κ2) is 9.01. The van der Waals surface area contributed by atoms with Gasteiger partial charge in [-0.25, -0.2) is 14.5 Å². The number of rotatable bonds is 5. The number of imide groups is 2. The van der Waals surface area contributed by atoms with E-state index in [-0.39, 0.29) is 22.7 Å². The molecule has 0 aromatic heterocycles. The zero-order chi connectivity index (χ0) is 23.6. The van der Waals surface area contributed by atoms with E-state index >= 15 is 0 Å². The van der Waals surface area contributed by atoms with Gasteiger partial charge in [0.05, 0.1) is 22.4 Å². The fraction of sp³-hybridized carbons (Fsp3) is 0.261. The zero-order valence-electron chi connectivity index (χ0n) is 18.1. The molecule has 32 heavy (non-hydrogen) atoms. The molecule has 9 nitrogen and oxygen atoms in total. The van der Waals surface area contributed by atoms with Crippen LogP contribution in [0.25, 0.3) is 0 Å². The van der Waals surface area contributed by atoms with Crippen molar-refractivity contribution < 1.29 is 28.7 Å². The Morgan fingerprint density at radius 3 is 2.25 bits per heavy atom. The molecule has 0 saturated heterocycles. The van der Waals surface area contributed by atoms with E-state index in [0.29, 0.717) is 5.69 Å². The van der Waals surface area contributed by atoms with Gasteiger partial charge in [-0.05, 0) is 57.5 Å². The average molecular weight is 437 g/mol. The largest absolute Gasteiger partial charge is 0.449 e. The summed E-state index contributed by atoms with van der Waals surface area (Å²) >= 11 is 0. The molecule has 3 rings (SSSR count). The lowest BCUT2D eigenvalue weighted by atomic mass is 10.1. The molecule has 0 aliphatic carbocycles. The van der Waals surface area contributed by atoms with E-state index in [2.05, 4.69) is 10.6 Å². The third kappa shape index (κ3) is 4.51. The van der Waals surface area contributed by atoms with Crippen molar-refractivity contribution in [1.82, 2.24) is 10.6 Å². The number of nitrogens with zero attached hydrogens (tertiary/aromatic N) is 1. The molecular formula is C23H23N3O6. The predicted molar refractivity (Wildman–Crippen MR) is 115 cm³/mol. The van der Waals surface area contributed by atoms with Crippen LogP contribution < -0.4 is 15.5 Å². The minimum atomic E-state index is -1.26. The highest BCUT2D eigenvalue weighted by molar-refractivity contribution is 6.35. The predicted octanol–water partition coefficient (Wildman–Crippen LogP) is 2.58. The number of ether oxygens (including phenoxy) is 1. The lowest BCUT2D eigenvalue weighted by Crippen LogP contribution is -2.46. The highest BCUT2D eigenvalue weighted by atomic mass is 16.5. The van der Waals surface area contributed by atoms with Crippen molar-refractivity contribution in [3.63, 3.8) is 0 Å². The summed E-state index contributed by atoms with van der Waals surface area (Å²) in [6, 6.07) is 10.1. The van der Waals surface area contributed by atoms with Gasteiger partial charge >= 0.3 is 12.0 Å². The van der Waals surface area contributed by atoms with Gasteiger partial charge in [0.2, 0.25) is 0 Å². The first-order valence-electron chi connectivity index (χ1n) is 10.0. The Hall–Kier alpha value is -4.01. The van der Waals surface area contributed by atoms with Gasteiger partial charge < -0.3 is 10.1 Å². The van der Waals surface area contributed by atoms with Crippen molar-refractivity contribution >= 4 is 35.4 Å². The summed E-state index contributed by atoms with van der Waals surface area (Å²) in [5.41, 5.74) is 1.46. The Morgan fingerprint density at radius 1 is 0.938 bits per heavy atom. The third-order valence-corrected chi connectivity index (χ3v) is 4.79. The molecule has 0 bridgehead atoms. The van der Waals surface area contributed by atoms with E-state index < -0.39 is 35.8 Å². The molecule has 1 unspecified atom stereocenters. The normalized spacial score (nSPS) is 13.6. The van der Waals surface area contributed by atoms with Crippen LogP contribution in [0.5, 0.6) is 0 Å². The smallest absolute Gasteiger partial charge is 0.338 e. The van der Waals surface area contributed by atoms with Gasteiger partial charge in [0.25, 0.3) is 17.7 Å². The molecule has 2 aromatic carbocycles. The monoisotopic (exact) mass is 437 g/mol. The number of urea groups is 1. The Morgan fingerprint density at radius 2 is 1.59 bits per heavy atom. The maximum Gasteiger partial charge on any atom is 0.338 e. The molecule has 9 heteroatoms. The van der Waals surface area contributed by atoms with Crippen molar-refractivity contribution in [2.75, 3.05) is 4.90 Å². The van der Waals surface area contributed by atoms with Crippen LogP contribution in [-0.2, 0) is 9.53 Å². The molecule has 1 atom stereocenters. The lowest BCUT2D eigenvalue weighted by Gasteiger charge is -2.16. The van der Waals surface area contributed by atoms with E-state index in [1.165, 1.54) is 25.1 Å². The van der Waals surface area contributed by atoms with Crippen molar-refractivity contribution in [3.8, 4) is 0 Å². The van der Waals surface area contributed by atoms with Gasteiger partial charge in [-0.1, -0.05) is 18.2 Å². The van der Waals surface area contributed by atoms with E-state index in [4.69, 9.17) is 4.74 Å². The Kier molecular flexibility index (Phi) is 6.38. The number of fused-ring (bicyclic) bond motifs is 1. The number of hydrogen-bond donors (Lipinski definition) is 2. The fourth-order valence-electron chi connectivity index (χ4n) is 3.19. The topological polar surface area (TPSA) is 122 Å². The SMILES string of the molecule is Cc1ccccc1N1C(=O)c2ccc(C(=O)OC(C)C(=O)NC(=O)NC(C)C)cc2C1=O. The summed E-state index contributed by atoms with van der Waals surface area (Å²) in [6.07, 6.45) is -1.26.